The topological polar surface area (TPSA) is 99.8 Å². The van der Waals surface area contributed by atoms with Crippen LogP contribution in [-0.2, 0) is 14.8 Å². The Morgan fingerprint density at radius 1 is 1.21 bits per heavy atom. The number of hydrogen-bond donors (Lipinski definition) is 1. The number of benzene rings is 1. The fourth-order valence-electron chi connectivity index (χ4n) is 3.43. The maximum absolute atomic E-state index is 13.1. The average molecular weight is 422 g/mol. The molecule has 1 aliphatic rings. The van der Waals surface area contributed by atoms with Crippen LogP contribution in [0, 0.1) is 0 Å². The molecule has 2 aromatic rings. The van der Waals surface area contributed by atoms with Gasteiger partial charge in [-0.25, -0.2) is 8.42 Å². The molecule has 0 saturated carbocycles. The third-order valence-corrected chi connectivity index (χ3v) is 7.00. The van der Waals surface area contributed by atoms with Crippen LogP contribution in [0.2, 0.25) is 0 Å². The minimum absolute atomic E-state index is 0.101. The van der Waals surface area contributed by atoms with Gasteiger partial charge in [-0.15, -0.1) is 0 Å². The van der Waals surface area contributed by atoms with E-state index < -0.39 is 15.6 Å². The summed E-state index contributed by atoms with van der Waals surface area (Å²) in [5.74, 6) is -0.266. The summed E-state index contributed by atoms with van der Waals surface area (Å²) < 4.78 is 32.6. The third-order valence-electron chi connectivity index (χ3n) is 5.10. The number of nitrogens with zero attached hydrogens (tertiary/aromatic N) is 2. The van der Waals surface area contributed by atoms with Crippen molar-refractivity contribution in [2.24, 2.45) is 0 Å². The molecule has 1 fully saturated rings. The number of H-pyrrole nitrogens is 1. The van der Waals surface area contributed by atoms with E-state index in [2.05, 4.69) is 4.98 Å². The molecule has 0 aliphatic carbocycles. The van der Waals surface area contributed by atoms with Crippen LogP contribution in [0.4, 0.5) is 0 Å². The van der Waals surface area contributed by atoms with Crippen LogP contribution in [0.5, 0.6) is 0 Å². The van der Waals surface area contributed by atoms with Crippen molar-refractivity contribution in [1.29, 1.82) is 0 Å². The molecular formula is C20H27N3O5S. The SMILES string of the molecule is CCCCN(CC)C(=O)c1cc(=O)[nH]c2ccc(S(=O)(=O)N3CCOCC3)cc12. The van der Waals surface area contributed by atoms with Gasteiger partial charge in [0, 0.05) is 43.1 Å². The summed E-state index contributed by atoms with van der Waals surface area (Å²) in [4.78, 5) is 29.7. The maximum Gasteiger partial charge on any atom is 0.254 e. The quantitative estimate of drug-likeness (QED) is 0.735. The van der Waals surface area contributed by atoms with E-state index in [0.29, 0.717) is 50.3 Å². The Hall–Kier alpha value is -2.23. The van der Waals surface area contributed by atoms with Gasteiger partial charge in [0.2, 0.25) is 15.6 Å². The number of amides is 1. The number of aromatic nitrogens is 1. The summed E-state index contributed by atoms with van der Waals surface area (Å²) in [6, 6.07) is 5.75. The molecule has 1 aromatic heterocycles. The Kier molecular flexibility index (Phi) is 6.71. The Bertz CT molecular complexity index is 1040. The minimum atomic E-state index is -3.71. The summed E-state index contributed by atoms with van der Waals surface area (Å²) in [7, 11) is -3.71. The van der Waals surface area contributed by atoms with E-state index in [1.54, 1.807) is 11.0 Å². The van der Waals surface area contributed by atoms with Crippen molar-refractivity contribution in [2.75, 3.05) is 39.4 Å². The molecule has 1 amide bonds. The highest BCUT2D eigenvalue weighted by atomic mass is 32.2. The van der Waals surface area contributed by atoms with Gasteiger partial charge in [0.15, 0.2) is 0 Å². The molecule has 0 spiro atoms. The second-order valence-electron chi connectivity index (χ2n) is 7.01. The molecule has 0 radical (unpaired) electrons. The van der Waals surface area contributed by atoms with Gasteiger partial charge in [-0.05, 0) is 31.5 Å². The van der Waals surface area contributed by atoms with Crippen molar-refractivity contribution in [3.05, 3.63) is 40.2 Å². The van der Waals surface area contributed by atoms with Gasteiger partial charge in [0.05, 0.1) is 23.7 Å². The van der Waals surface area contributed by atoms with E-state index in [1.807, 2.05) is 13.8 Å². The molecule has 0 unspecified atom stereocenters. The van der Waals surface area contributed by atoms with E-state index in [-0.39, 0.29) is 16.4 Å². The van der Waals surface area contributed by atoms with Crippen LogP contribution in [0.25, 0.3) is 10.9 Å². The fourth-order valence-corrected chi connectivity index (χ4v) is 4.86. The number of carbonyl (C=O) groups is 1. The third kappa shape index (κ3) is 4.52. The molecule has 1 saturated heterocycles. The number of aromatic amines is 1. The van der Waals surface area contributed by atoms with Gasteiger partial charge < -0.3 is 14.6 Å². The molecule has 1 aromatic carbocycles. The summed E-state index contributed by atoms with van der Waals surface area (Å²) >= 11 is 0. The van der Waals surface area contributed by atoms with E-state index in [9.17, 15) is 18.0 Å². The second-order valence-corrected chi connectivity index (χ2v) is 8.95. The molecule has 1 N–H and O–H groups in total. The summed E-state index contributed by atoms with van der Waals surface area (Å²) in [6.07, 6.45) is 1.80. The number of ether oxygens (including phenoxy) is 1. The van der Waals surface area contributed by atoms with Crippen molar-refractivity contribution in [3.63, 3.8) is 0 Å². The smallest absolute Gasteiger partial charge is 0.254 e. The Balaban J connectivity index is 2.07. The molecule has 9 heteroatoms. The molecule has 0 atom stereocenters. The number of hydrogen-bond acceptors (Lipinski definition) is 5. The Morgan fingerprint density at radius 2 is 1.93 bits per heavy atom. The molecular weight excluding hydrogens is 394 g/mol. The average Bonchev–Trinajstić information content (AvgIpc) is 2.73. The lowest BCUT2D eigenvalue weighted by molar-refractivity contribution is 0.0730. The second kappa shape index (κ2) is 9.06. The van der Waals surface area contributed by atoms with Crippen molar-refractivity contribution in [2.45, 2.75) is 31.6 Å². The van der Waals surface area contributed by atoms with Crippen molar-refractivity contribution >= 4 is 26.8 Å². The molecule has 1 aliphatic heterocycles. The number of nitrogens with one attached hydrogen (secondary N) is 1. The maximum atomic E-state index is 13.1. The lowest BCUT2D eigenvalue weighted by atomic mass is 10.1. The van der Waals surface area contributed by atoms with E-state index in [1.165, 1.54) is 22.5 Å². The molecule has 8 nitrogen and oxygen atoms in total. The largest absolute Gasteiger partial charge is 0.379 e. The molecule has 3 rings (SSSR count). The highest BCUT2D eigenvalue weighted by molar-refractivity contribution is 7.89. The van der Waals surface area contributed by atoms with Crippen LogP contribution >= 0.6 is 0 Å². The number of morpholine rings is 1. The van der Waals surface area contributed by atoms with Gasteiger partial charge >= 0.3 is 0 Å². The number of fused-ring (bicyclic) bond motifs is 1. The lowest BCUT2D eigenvalue weighted by Crippen LogP contribution is -2.40. The Morgan fingerprint density at radius 3 is 2.59 bits per heavy atom. The van der Waals surface area contributed by atoms with Crippen LogP contribution in [-0.4, -0.2) is 67.9 Å². The predicted octanol–water partition coefficient (Wildman–Crippen LogP) is 1.81. The number of unbranched alkanes of at least 4 members (excludes halogenated alkanes) is 1. The zero-order valence-electron chi connectivity index (χ0n) is 16.8. The van der Waals surface area contributed by atoms with Gasteiger partial charge in [-0.2, -0.15) is 4.31 Å². The number of rotatable bonds is 7. The van der Waals surface area contributed by atoms with Crippen LogP contribution in [0.15, 0.2) is 34.0 Å². The monoisotopic (exact) mass is 421 g/mol. The molecule has 0 bridgehead atoms. The van der Waals surface area contributed by atoms with Crippen LogP contribution in [0.3, 0.4) is 0 Å². The normalized spacial score (nSPS) is 15.5. The highest BCUT2D eigenvalue weighted by Crippen LogP contribution is 2.24. The standard InChI is InChI=1S/C20H27N3O5S/c1-3-5-8-22(4-2)20(25)17-14-19(24)21-18-7-6-15(13-16(17)18)29(26,27)23-9-11-28-12-10-23/h6-7,13-14H,3-5,8-12H2,1-2H3,(H,21,24). The van der Waals surface area contributed by atoms with Gasteiger partial charge in [0.1, 0.15) is 0 Å². The first kappa shape index (κ1) is 21.5. The van der Waals surface area contributed by atoms with E-state index >= 15 is 0 Å². The zero-order valence-corrected chi connectivity index (χ0v) is 17.6. The number of sulfonamides is 1. The highest BCUT2D eigenvalue weighted by Gasteiger charge is 2.27. The van der Waals surface area contributed by atoms with E-state index in [0.717, 1.165) is 12.8 Å². The van der Waals surface area contributed by atoms with Gasteiger partial charge in [-0.1, -0.05) is 13.3 Å². The van der Waals surface area contributed by atoms with Crippen molar-refractivity contribution < 1.29 is 17.9 Å². The fraction of sp³-hybridized carbons (Fsp3) is 0.500. The van der Waals surface area contributed by atoms with E-state index in [4.69, 9.17) is 4.74 Å². The van der Waals surface area contributed by atoms with Crippen molar-refractivity contribution in [1.82, 2.24) is 14.2 Å². The van der Waals surface area contributed by atoms with Crippen molar-refractivity contribution in [3.8, 4) is 0 Å². The zero-order chi connectivity index (χ0) is 21.0. The van der Waals surface area contributed by atoms with Crippen LogP contribution in [0.1, 0.15) is 37.0 Å². The minimum Gasteiger partial charge on any atom is -0.379 e. The van der Waals surface area contributed by atoms with Gasteiger partial charge in [-0.3, -0.25) is 9.59 Å². The number of carbonyl (C=O) groups excluding carboxylic acids is 1. The molecule has 158 valence electrons. The molecule has 29 heavy (non-hydrogen) atoms. The number of pyridine rings is 1. The molecule has 2 heterocycles. The summed E-state index contributed by atoms with van der Waals surface area (Å²) in [6.45, 7) is 6.32. The summed E-state index contributed by atoms with van der Waals surface area (Å²) in [5, 5.41) is 0.430. The first-order valence-electron chi connectivity index (χ1n) is 9.92. The first-order chi connectivity index (χ1) is 13.9. The lowest BCUT2D eigenvalue weighted by Gasteiger charge is -2.26. The first-order valence-corrected chi connectivity index (χ1v) is 11.4. The predicted molar refractivity (Wildman–Crippen MR) is 111 cm³/mol. The Labute approximate surface area is 170 Å². The summed E-state index contributed by atoms with van der Waals surface area (Å²) in [5.41, 5.74) is 0.269. The van der Waals surface area contributed by atoms with Crippen LogP contribution < -0.4 is 5.56 Å². The van der Waals surface area contributed by atoms with Gasteiger partial charge in [0.25, 0.3) is 5.91 Å².